The Hall–Kier alpha value is -1.37. The molecule has 0 radical (unpaired) electrons. The molecule has 6 nitrogen and oxygen atoms in total. The molecular formula is C10H15N3O3S. The average molecular weight is 257 g/mol. The van der Waals surface area contributed by atoms with Crippen molar-refractivity contribution in [3.8, 4) is 0 Å². The molecule has 0 aromatic carbocycles. The van der Waals surface area contributed by atoms with Gasteiger partial charge in [0.25, 0.3) is 5.56 Å². The fraction of sp³-hybridized carbons (Fsp3) is 0.600. The quantitative estimate of drug-likeness (QED) is 0.747. The Bertz CT molecular complexity index is 579. The molecule has 1 aromatic heterocycles. The molecule has 17 heavy (non-hydrogen) atoms. The van der Waals surface area contributed by atoms with Gasteiger partial charge in [0, 0.05) is 18.7 Å². The Morgan fingerprint density at radius 3 is 2.82 bits per heavy atom. The molecular weight excluding hydrogens is 242 g/mol. The number of aryl methyl sites for hydroxylation is 1. The standard InChI is InChI=1S/C10H15N3O3S/c1-7-6-17(15,16)4-3-13(7)9-5-10(14)12-8(2)11-9/h5,7H,3-4,6H2,1-2H3,(H,11,12,14). The van der Waals surface area contributed by atoms with E-state index < -0.39 is 9.84 Å². The van der Waals surface area contributed by atoms with E-state index in [2.05, 4.69) is 9.97 Å². The zero-order valence-corrected chi connectivity index (χ0v) is 10.6. The molecule has 1 aliphatic heterocycles. The van der Waals surface area contributed by atoms with E-state index in [-0.39, 0.29) is 23.1 Å². The lowest BCUT2D eigenvalue weighted by Gasteiger charge is -2.33. The molecule has 94 valence electrons. The molecule has 0 saturated carbocycles. The number of nitrogens with zero attached hydrogens (tertiary/aromatic N) is 2. The summed E-state index contributed by atoms with van der Waals surface area (Å²) >= 11 is 0. The van der Waals surface area contributed by atoms with Crippen molar-refractivity contribution in [3.63, 3.8) is 0 Å². The first kappa shape index (κ1) is 12.1. The minimum Gasteiger partial charge on any atom is -0.352 e. The third-order valence-corrected chi connectivity index (χ3v) is 4.61. The lowest BCUT2D eigenvalue weighted by atomic mass is 10.3. The van der Waals surface area contributed by atoms with Crippen molar-refractivity contribution < 1.29 is 8.42 Å². The van der Waals surface area contributed by atoms with Gasteiger partial charge in [-0.05, 0) is 13.8 Å². The number of H-pyrrole nitrogens is 1. The van der Waals surface area contributed by atoms with Crippen LogP contribution in [0, 0.1) is 6.92 Å². The molecule has 0 spiro atoms. The van der Waals surface area contributed by atoms with Crippen LogP contribution < -0.4 is 10.5 Å². The van der Waals surface area contributed by atoms with Crippen LogP contribution in [0.5, 0.6) is 0 Å². The number of hydrogen-bond acceptors (Lipinski definition) is 5. The maximum atomic E-state index is 11.5. The summed E-state index contributed by atoms with van der Waals surface area (Å²) in [6.07, 6.45) is 0. The monoisotopic (exact) mass is 257 g/mol. The van der Waals surface area contributed by atoms with Crippen LogP contribution in [-0.2, 0) is 9.84 Å². The highest BCUT2D eigenvalue weighted by atomic mass is 32.2. The summed E-state index contributed by atoms with van der Waals surface area (Å²) in [6.45, 7) is 3.92. The van der Waals surface area contributed by atoms with Crippen LogP contribution >= 0.6 is 0 Å². The van der Waals surface area contributed by atoms with Gasteiger partial charge in [-0.15, -0.1) is 0 Å². The van der Waals surface area contributed by atoms with Crippen LogP contribution in [0.15, 0.2) is 10.9 Å². The third kappa shape index (κ3) is 2.66. The van der Waals surface area contributed by atoms with Crippen LogP contribution in [0.3, 0.4) is 0 Å². The van der Waals surface area contributed by atoms with Gasteiger partial charge in [-0.25, -0.2) is 13.4 Å². The first-order chi connectivity index (χ1) is 7.87. The first-order valence-corrected chi connectivity index (χ1v) is 7.24. The van der Waals surface area contributed by atoms with Crippen molar-refractivity contribution in [2.24, 2.45) is 0 Å². The summed E-state index contributed by atoms with van der Waals surface area (Å²) < 4.78 is 22.9. The summed E-state index contributed by atoms with van der Waals surface area (Å²) in [5, 5.41) is 0. The highest BCUT2D eigenvalue weighted by molar-refractivity contribution is 7.91. The lowest BCUT2D eigenvalue weighted by molar-refractivity contribution is 0.566. The number of sulfone groups is 1. The average Bonchev–Trinajstić information content (AvgIpc) is 2.13. The molecule has 1 aliphatic rings. The molecule has 0 amide bonds. The number of rotatable bonds is 1. The van der Waals surface area contributed by atoms with E-state index in [0.717, 1.165) is 0 Å². The van der Waals surface area contributed by atoms with E-state index in [1.807, 2.05) is 11.8 Å². The Balaban J connectivity index is 2.32. The van der Waals surface area contributed by atoms with Crippen LogP contribution in [0.25, 0.3) is 0 Å². The zero-order chi connectivity index (χ0) is 12.6. The summed E-state index contributed by atoms with van der Waals surface area (Å²) in [6, 6.07) is 1.25. The lowest BCUT2D eigenvalue weighted by Crippen LogP contribution is -2.47. The molecule has 2 heterocycles. The Kier molecular flexibility index (Phi) is 2.94. The topological polar surface area (TPSA) is 83.1 Å². The molecule has 2 rings (SSSR count). The third-order valence-electron chi connectivity index (χ3n) is 2.81. The van der Waals surface area contributed by atoms with Gasteiger partial charge in [0.05, 0.1) is 11.5 Å². The van der Waals surface area contributed by atoms with Crippen molar-refractivity contribution in [1.82, 2.24) is 9.97 Å². The fourth-order valence-electron chi connectivity index (χ4n) is 2.05. The van der Waals surface area contributed by atoms with Crippen LogP contribution in [0.2, 0.25) is 0 Å². The summed E-state index contributed by atoms with van der Waals surface area (Å²) in [5.74, 6) is 1.31. The summed E-state index contributed by atoms with van der Waals surface area (Å²) in [7, 11) is -2.95. The second-order valence-electron chi connectivity index (χ2n) is 4.35. The van der Waals surface area contributed by atoms with Crippen molar-refractivity contribution >= 4 is 15.7 Å². The van der Waals surface area contributed by atoms with Crippen molar-refractivity contribution in [2.45, 2.75) is 19.9 Å². The fourth-order valence-corrected chi connectivity index (χ4v) is 3.61. The van der Waals surface area contributed by atoms with E-state index in [9.17, 15) is 13.2 Å². The first-order valence-electron chi connectivity index (χ1n) is 5.42. The van der Waals surface area contributed by atoms with Gasteiger partial charge in [-0.3, -0.25) is 4.79 Å². The smallest absolute Gasteiger partial charge is 0.252 e. The van der Waals surface area contributed by atoms with Crippen LogP contribution in [0.4, 0.5) is 5.82 Å². The van der Waals surface area contributed by atoms with Crippen LogP contribution in [-0.4, -0.2) is 42.5 Å². The van der Waals surface area contributed by atoms with Gasteiger partial charge in [-0.2, -0.15) is 0 Å². The molecule has 7 heteroatoms. The van der Waals surface area contributed by atoms with Crippen molar-refractivity contribution in [1.29, 1.82) is 0 Å². The van der Waals surface area contributed by atoms with E-state index >= 15 is 0 Å². The number of nitrogens with one attached hydrogen (secondary N) is 1. The van der Waals surface area contributed by atoms with Gasteiger partial charge in [0.2, 0.25) is 0 Å². The SMILES string of the molecule is Cc1nc(N2CCS(=O)(=O)CC2C)cc(=O)[nH]1. The Morgan fingerprint density at radius 1 is 1.53 bits per heavy atom. The molecule has 0 aliphatic carbocycles. The van der Waals surface area contributed by atoms with Gasteiger partial charge >= 0.3 is 0 Å². The molecule has 1 aromatic rings. The highest BCUT2D eigenvalue weighted by Gasteiger charge is 2.29. The molecule has 1 unspecified atom stereocenters. The van der Waals surface area contributed by atoms with E-state index in [0.29, 0.717) is 18.2 Å². The van der Waals surface area contributed by atoms with E-state index in [1.165, 1.54) is 6.07 Å². The molecule has 1 atom stereocenters. The summed E-state index contributed by atoms with van der Waals surface area (Å²) in [5.41, 5.74) is -0.215. The maximum Gasteiger partial charge on any atom is 0.252 e. The van der Waals surface area contributed by atoms with Crippen molar-refractivity contribution in [3.05, 3.63) is 22.2 Å². The normalized spacial score (nSPS) is 23.6. The van der Waals surface area contributed by atoms with Gasteiger partial charge < -0.3 is 9.88 Å². The van der Waals surface area contributed by atoms with Gasteiger partial charge in [-0.1, -0.05) is 0 Å². The number of aromatic nitrogens is 2. The number of aromatic amines is 1. The minimum absolute atomic E-state index is 0.112. The number of anilines is 1. The minimum atomic E-state index is -2.95. The van der Waals surface area contributed by atoms with Gasteiger partial charge in [0.15, 0.2) is 9.84 Å². The largest absolute Gasteiger partial charge is 0.352 e. The van der Waals surface area contributed by atoms with E-state index in [1.54, 1.807) is 6.92 Å². The predicted molar refractivity (Wildman–Crippen MR) is 65.1 cm³/mol. The Morgan fingerprint density at radius 2 is 2.24 bits per heavy atom. The second-order valence-corrected chi connectivity index (χ2v) is 6.57. The summed E-state index contributed by atoms with van der Waals surface area (Å²) in [4.78, 5) is 20.0. The molecule has 1 N–H and O–H groups in total. The molecule has 0 bridgehead atoms. The predicted octanol–water partition coefficient (Wildman–Crippen LogP) is -0.298. The highest BCUT2D eigenvalue weighted by Crippen LogP contribution is 2.17. The zero-order valence-electron chi connectivity index (χ0n) is 9.80. The Labute approximate surface area is 99.6 Å². The molecule has 1 fully saturated rings. The maximum absolute atomic E-state index is 11.5. The van der Waals surface area contributed by atoms with E-state index in [4.69, 9.17) is 0 Å². The molecule has 1 saturated heterocycles. The van der Waals surface area contributed by atoms with Crippen molar-refractivity contribution in [2.75, 3.05) is 23.0 Å². The van der Waals surface area contributed by atoms with Crippen LogP contribution in [0.1, 0.15) is 12.7 Å². The number of hydrogen-bond donors (Lipinski definition) is 1. The second kappa shape index (κ2) is 4.14. The van der Waals surface area contributed by atoms with Gasteiger partial charge in [0.1, 0.15) is 11.6 Å².